The van der Waals surface area contributed by atoms with Gasteiger partial charge in [0.15, 0.2) is 0 Å². The summed E-state index contributed by atoms with van der Waals surface area (Å²) in [5, 5.41) is 6.92. The molecule has 4 nitrogen and oxygen atoms in total. The summed E-state index contributed by atoms with van der Waals surface area (Å²) < 4.78 is 0. The molecule has 1 amide bonds. The Morgan fingerprint density at radius 2 is 1.81 bits per heavy atom. The number of amides is 1. The molecule has 156 valence electrons. The molecule has 1 aromatic heterocycles. The van der Waals surface area contributed by atoms with Gasteiger partial charge in [-0.2, -0.15) is 0 Å². The minimum atomic E-state index is -0.00972. The normalized spacial score (nSPS) is 27.8. The second kappa shape index (κ2) is 7.52. The van der Waals surface area contributed by atoms with Crippen LogP contribution in [0.4, 0.5) is 5.69 Å². The molecule has 1 aliphatic heterocycles. The van der Waals surface area contributed by atoms with Crippen LogP contribution in [0.1, 0.15) is 58.3 Å². The molecule has 2 N–H and O–H groups in total. The molecule has 2 aromatic carbocycles. The van der Waals surface area contributed by atoms with Gasteiger partial charge in [-0.05, 0) is 90.0 Å². The highest BCUT2D eigenvalue weighted by Crippen LogP contribution is 2.63. The largest absolute Gasteiger partial charge is 0.378 e. The second-order valence-electron chi connectivity index (χ2n) is 9.31. The molecule has 2 bridgehead atoms. The minimum absolute atomic E-state index is 0.00972. The predicted molar refractivity (Wildman–Crippen MR) is 122 cm³/mol. The van der Waals surface area contributed by atoms with E-state index in [0.29, 0.717) is 24.4 Å². The Bertz CT molecular complexity index is 1100. The summed E-state index contributed by atoms with van der Waals surface area (Å²) in [6.07, 6.45) is 7.51. The molecule has 3 aliphatic rings. The van der Waals surface area contributed by atoms with E-state index in [9.17, 15) is 4.79 Å². The molecule has 0 unspecified atom stereocenters. The van der Waals surface area contributed by atoms with Crippen molar-refractivity contribution in [1.82, 2.24) is 10.3 Å². The number of nitrogens with zero attached hydrogens (tertiary/aromatic N) is 1. The second-order valence-corrected chi connectivity index (χ2v) is 9.31. The summed E-state index contributed by atoms with van der Waals surface area (Å²) in [5.41, 5.74) is 5.75. The van der Waals surface area contributed by atoms with E-state index in [2.05, 4.69) is 58.1 Å². The molecule has 0 spiro atoms. The lowest BCUT2D eigenvalue weighted by molar-refractivity contribution is 0.0950. The predicted octanol–water partition coefficient (Wildman–Crippen LogP) is 5.31. The molecule has 31 heavy (non-hydrogen) atoms. The maximum absolute atomic E-state index is 12.9. The van der Waals surface area contributed by atoms with Gasteiger partial charge in [-0.25, -0.2) is 0 Å². The van der Waals surface area contributed by atoms with E-state index in [4.69, 9.17) is 0 Å². The van der Waals surface area contributed by atoms with E-state index in [1.165, 1.54) is 36.1 Å². The molecule has 2 heterocycles. The smallest absolute Gasteiger partial charge is 0.251 e. The number of carbonyl (C=O) groups is 1. The zero-order chi connectivity index (χ0) is 20.8. The molecule has 6 rings (SSSR count). The summed E-state index contributed by atoms with van der Waals surface area (Å²) in [7, 11) is 0. The number of hydrogen-bond acceptors (Lipinski definition) is 3. The van der Waals surface area contributed by atoms with Crippen LogP contribution in [0.3, 0.4) is 0 Å². The molecule has 0 saturated heterocycles. The van der Waals surface area contributed by atoms with Crippen LogP contribution in [0, 0.1) is 17.8 Å². The number of pyridine rings is 1. The lowest BCUT2D eigenvalue weighted by Gasteiger charge is -2.43. The number of nitrogens with one attached hydrogen (secondary N) is 2. The fraction of sp³-hybridized carbons (Fsp3) is 0.333. The van der Waals surface area contributed by atoms with Crippen LogP contribution < -0.4 is 10.6 Å². The van der Waals surface area contributed by atoms with Gasteiger partial charge in [-0.3, -0.25) is 9.78 Å². The third-order valence-corrected chi connectivity index (χ3v) is 7.71. The Hall–Kier alpha value is -3.14. The summed E-state index contributed by atoms with van der Waals surface area (Å²) in [4.78, 5) is 16.9. The maximum atomic E-state index is 12.9. The lowest BCUT2D eigenvalue weighted by Crippen LogP contribution is -2.35. The van der Waals surface area contributed by atoms with Crippen LogP contribution in [-0.2, 0) is 6.54 Å². The standard InChI is InChI=1S/C27H27N3O/c31-27(29-16-17-10-12-28-13-11-17)21-8-9-23-22(15-21)24-19-6-7-20(14-19)25(24)26(30-23)18-4-2-1-3-5-18/h1-5,8-13,15,19-20,24-26,30H,6-7,14,16H2,(H,29,31)/t19-,20-,24+,25-,26-/m0/s1. The number of anilines is 1. The summed E-state index contributed by atoms with van der Waals surface area (Å²) >= 11 is 0. The minimum Gasteiger partial charge on any atom is -0.378 e. The first-order valence-electron chi connectivity index (χ1n) is 11.4. The van der Waals surface area contributed by atoms with Crippen molar-refractivity contribution < 1.29 is 4.79 Å². The highest BCUT2D eigenvalue weighted by molar-refractivity contribution is 5.95. The molecule has 2 saturated carbocycles. The Labute approximate surface area is 183 Å². The van der Waals surface area contributed by atoms with Gasteiger partial charge in [-0.15, -0.1) is 0 Å². The van der Waals surface area contributed by atoms with E-state index in [1.54, 1.807) is 12.4 Å². The van der Waals surface area contributed by atoms with Crippen molar-refractivity contribution in [2.75, 3.05) is 5.32 Å². The average Bonchev–Trinajstić information content (AvgIpc) is 3.46. The highest BCUT2D eigenvalue weighted by atomic mass is 16.1. The Balaban J connectivity index is 1.30. The summed E-state index contributed by atoms with van der Waals surface area (Å²) in [6, 6.07) is 21.4. The molecule has 5 atom stereocenters. The molecule has 3 aromatic rings. The maximum Gasteiger partial charge on any atom is 0.251 e. The SMILES string of the molecule is O=C(NCc1ccncc1)c1ccc2c(c1)[C@H]1[C@H]3CC[C@@H](C3)[C@@H]1[C@H](c1ccccc1)N2. The quantitative estimate of drug-likeness (QED) is 0.614. The Morgan fingerprint density at radius 3 is 2.65 bits per heavy atom. The van der Waals surface area contributed by atoms with Gasteiger partial charge in [0.2, 0.25) is 0 Å². The third kappa shape index (κ3) is 3.21. The van der Waals surface area contributed by atoms with E-state index in [1.807, 2.05) is 18.2 Å². The lowest BCUT2D eigenvalue weighted by atomic mass is 9.68. The molecule has 0 radical (unpaired) electrons. The number of hydrogen-bond donors (Lipinski definition) is 2. The summed E-state index contributed by atoms with van der Waals surface area (Å²) in [5.74, 6) is 2.68. The number of carbonyl (C=O) groups excluding carboxylic acids is 1. The van der Waals surface area contributed by atoms with Crippen LogP contribution in [0.15, 0.2) is 73.1 Å². The fourth-order valence-corrected chi connectivity index (χ4v) is 6.40. The van der Waals surface area contributed by atoms with Crippen LogP contribution in [-0.4, -0.2) is 10.9 Å². The number of aromatic nitrogens is 1. The van der Waals surface area contributed by atoms with Crippen molar-refractivity contribution in [2.24, 2.45) is 17.8 Å². The van der Waals surface area contributed by atoms with Crippen LogP contribution in [0.5, 0.6) is 0 Å². The van der Waals surface area contributed by atoms with Gasteiger partial charge in [0.1, 0.15) is 0 Å². The van der Waals surface area contributed by atoms with E-state index < -0.39 is 0 Å². The molecular weight excluding hydrogens is 382 g/mol. The zero-order valence-electron chi connectivity index (χ0n) is 17.5. The van der Waals surface area contributed by atoms with E-state index >= 15 is 0 Å². The first-order chi connectivity index (χ1) is 15.3. The van der Waals surface area contributed by atoms with Crippen LogP contribution >= 0.6 is 0 Å². The Kier molecular flexibility index (Phi) is 4.52. The first kappa shape index (κ1) is 18.6. The van der Waals surface area contributed by atoms with Gasteiger partial charge in [0.25, 0.3) is 5.91 Å². The fourth-order valence-electron chi connectivity index (χ4n) is 6.40. The van der Waals surface area contributed by atoms with Crippen molar-refractivity contribution in [3.05, 3.63) is 95.3 Å². The number of benzene rings is 2. The molecule has 2 fully saturated rings. The van der Waals surface area contributed by atoms with Gasteiger partial charge in [0, 0.05) is 30.2 Å². The van der Waals surface area contributed by atoms with Crippen molar-refractivity contribution in [3.63, 3.8) is 0 Å². The monoisotopic (exact) mass is 409 g/mol. The number of rotatable bonds is 4. The topological polar surface area (TPSA) is 54.0 Å². The first-order valence-corrected chi connectivity index (χ1v) is 11.4. The van der Waals surface area contributed by atoms with Gasteiger partial charge in [0.05, 0.1) is 6.04 Å². The molecule has 2 aliphatic carbocycles. The number of fused-ring (bicyclic) bond motifs is 7. The highest BCUT2D eigenvalue weighted by Gasteiger charge is 2.53. The van der Waals surface area contributed by atoms with Crippen molar-refractivity contribution in [1.29, 1.82) is 0 Å². The average molecular weight is 410 g/mol. The Morgan fingerprint density at radius 1 is 1.00 bits per heavy atom. The zero-order valence-corrected chi connectivity index (χ0v) is 17.5. The van der Waals surface area contributed by atoms with Crippen molar-refractivity contribution in [3.8, 4) is 0 Å². The van der Waals surface area contributed by atoms with Gasteiger partial charge >= 0.3 is 0 Å². The van der Waals surface area contributed by atoms with E-state index in [-0.39, 0.29) is 5.91 Å². The van der Waals surface area contributed by atoms with Crippen molar-refractivity contribution in [2.45, 2.75) is 37.8 Å². The third-order valence-electron chi connectivity index (χ3n) is 7.71. The van der Waals surface area contributed by atoms with Gasteiger partial charge < -0.3 is 10.6 Å². The molecule has 4 heteroatoms. The van der Waals surface area contributed by atoms with Gasteiger partial charge in [-0.1, -0.05) is 30.3 Å². The van der Waals surface area contributed by atoms with E-state index in [0.717, 1.165) is 23.0 Å². The van der Waals surface area contributed by atoms with Crippen molar-refractivity contribution >= 4 is 11.6 Å². The van der Waals surface area contributed by atoms with Crippen LogP contribution in [0.25, 0.3) is 0 Å². The molecular formula is C27H27N3O. The summed E-state index contributed by atoms with van der Waals surface area (Å²) in [6.45, 7) is 0.517. The van der Waals surface area contributed by atoms with Crippen LogP contribution in [0.2, 0.25) is 0 Å².